The monoisotopic (exact) mass is 218 g/mol. The van der Waals surface area contributed by atoms with E-state index in [2.05, 4.69) is 26.8 Å². The molecule has 0 aliphatic heterocycles. The van der Waals surface area contributed by atoms with E-state index >= 15 is 0 Å². The van der Waals surface area contributed by atoms with Crippen LogP contribution in [0.4, 0.5) is 0 Å². The summed E-state index contributed by atoms with van der Waals surface area (Å²) in [5.41, 5.74) is 0.585. The van der Waals surface area contributed by atoms with Crippen LogP contribution in [-0.2, 0) is 4.79 Å². The zero-order chi connectivity index (χ0) is 7.44. The van der Waals surface area contributed by atoms with Crippen LogP contribution in [0, 0.1) is 0 Å². The maximum Gasteiger partial charge on any atom is 0.162 e. The standard InChI is InChI=1S/C3H11OP5/c1-2(9(6)7)3(4)8-5/h2,8H,5-7H2,1H3. The molecule has 54 valence electrons. The minimum Gasteiger partial charge on any atom is -0.294 e. The SMILES string of the molecule is CC(C(=O)PP)P(P)P. The summed E-state index contributed by atoms with van der Waals surface area (Å²) >= 11 is 0. The molecule has 9 heavy (non-hydrogen) atoms. The van der Waals surface area contributed by atoms with E-state index in [1.165, 1.54) is 0 Å². The second-order valence-electron chi connectivity index (χ2n) is 1.63. The van der Waals surface area contributed by atoms with Crippen molar-refractivity contribution < 1.29 is 4.79 Å². The topological polar surface area (TPSA) is 17.1 Å². The average Bonchev–Trinajstić information content (AvgIpc) is 1.84. The van der Waals surface area contributed by atoms with Gasteiger partial charge in [0.2, 0.25) is 0 Å². The lowest BCUT2D eigenvalue weighted by Gasteiger charge is -2.11. The summed E-state index contributed by atoms with van der Waals surface area (Å²) in [4.78, 5) is 10.9. The van der Waals surface area contributed by atoms with Crippen LogP contribution in [0.15, 0.2) is 0 Å². The van der Waals surface area contributed by atoms with Crippen molar-refractivity contribution in [2.24, 2.45) is 0 Å². The maximum atomic E-state index is 10.9. The molecule has 0 bridgehead atoms. The minimum atomic E-state index is -0.230. The first kappa shape index (κ1) is 10.8. The molecule has 0 rings (SSSR count). The van der Waals surface area contributed by atoms with E-state index in [1.807, 2.05) is 6.92 Å². The highest BCUT2D eigenvalue weighted by molar-refractivity contribution is 8.44. The number of hydrogen-bond acceptors (Lipinski definition) is 1. The van der Waals surface area contributed by atoms with Crippen molar-refractivity contribution in [1.29, 1.82) is 0 Å². The van der Waals surface area contributed by atoms with Crippen molar-refractivity contribution in [3.63, 3.8) is 0 Å². The number of carbonyl (C=O) groups excluding carboxylic acids is 1. The Labute approximate surface area is 65.7 Å². The molecule has 0 heterocycles. The van der Waals surface area contributed by atoms with Gasteiger partial charge in [0.05, 0.1) is 0 Å². The lowest BCUT2D eigenvalue weighted by molar-refractivity contribution is -0.110. The van der Waals surface area contributed by atoms with E-state index in [-0.39, 0.29) is 13.0 Å². The fourth-order valence-corrected chi connectivity index (χ4v) is 4.32. The maximum absolute atomic E-state index is 10.9. The summed E-state index contributed by atoms with van der Waals surface area (Å²) in [5, 5.41) is 0. The second-order valence-corrected chi connectivity index (χ2v) is 10.3. The van der Waals surface area contributed by atoms with Crippen molar-refractivity contribution in [2.45, 2.75) is 12.6 Å². The molecule has 0 saturated carbocycles. The van der Waals surface area contributed by atoms with Gasteiger partial charge in [-0.1, -0.05) is 14.2 Å². The van der Waals surface area contributed by atoms with E-state index in [4.69, 9.17) is 0 Å². The van der Waals surface area contributed by atoms with E-state index < -0.39 is 0 Å². The predicted octanol–water partition coefficient (Wildman–Crippen LogP) is 2.43. The Morgan fingerprint density at radius 2 is 2.11 bits per heavy atom. The molecule has 0 aromatic carbocycles. The smallest absolute Gasteiger partial charge is 0.162 e. The summed E-state index contributed by atoms with van der Waals surface area (Å²) in [7, 11) is 7.97. The third-order valence-electron chi connectivity index (χ3n) is 0.969. The van der Waals surface area contributed by atoms with E-state index in [0.717, 1.165) is 0 Å². The molecular weight excluding hydrogens is 207 g/mol. The highest BCUT2D eigenvalue weighted by Gasteiger charge is 2.13. The lowest BCUT2D eigenvalue weighted by Crippen LogP contribution is -2.03. The van der Waals surface area contributed by atoms with Gasteiger partial charge in [-0.25, -0.2) is 0 Å². The molecule has 0 aliphatic carbocycles. The van der Waals surface area contributed by atoms with E-state index in [9.17, 15) is 4.79 Å². The molecule has 0 saturated heterocycles. The molecule has 0 aliphatic rings. The van der Waals surface area contributed by atoms with Crippen LogP contribution in [-0.4, -0.2) is 11.2 Å². The molecule has 6 heteroatoms. The van der Waals surface area contributed by atoms with Gasteiger partial charge in [-0.3, -0.25) is 4.79 Å². The molecule has 0 radical (unpaired) electrons. The van der Waals surface area contributed by atoms with Crippen LogP contribution >= 0.6 is 42.4 Å². The molecular formula is C3H11OP5. The largest absolute Gasteiger partial charge is 0.294 e. The minimum absolute atomic E-state index is 0.228. The van der Waals surface area contributed by atoms with Crippen LogP contribution in [0.1, 0.15) is 6.92 Å². The van der Waals surface area contributed by atoms with Crippen LogP contribution in [0.2, 0.25) is 0 Å². The highest BCUT2D eigenvalue weighted by atomic mass is 32.4. The molecule has 0 fully saturated rings. The molecule has 0 aromatic rings. The Bertz CT molecular complexity index is 102. The summed E-state index contributed by atoms with van der Waals surface area (Å²) in [6.45, 7) is 1.98. The number of carbonyl (C=O) groups is 1. The molecule has 0 spiro atoms. The Kier molecular flexibility index (Phi) is 6.57. The van der Waals surface area contributed by atoms with Crippen LogP contribution in [0.3, 0.4) is 0 Å². The van der Waals surface area contributed by atoms with Crippen LogP contribution in [0.25, 0.3) is 0 Å². The molecule has 5 unspecified atom stereocenters. The summed E-state index contributed by atoms with van der Waals surface area (Å²) in [6.07, 6.45) is 0. The fraction of sp³-hybridized carbons (Fsp3) is 0.667. The number of hydrogen-bond donors (Lipinski definition) is 0. The summed E-state index contributed by atoms with van der Waals surface area (Å²) < 4.78 is 0. The van der Waals surface area contributed by atoms with Gasteiger partial charge in [0.15, 0.2) is 5.52 Å². The van der Waals surface area contributed by atoms with Crippen molar-refractivity contribution in [3.05, 3.63) is 0 Å². The summed E-state index contributed by atoms with van der Waals surface area (Å²) in [6, 6.07) is 0. The molecule has 5 atom stereocenters. The van der Waals surface area contributed by atoms with Gasteiger partial charge in [-0.2, -0.15) is 0 Å². The zero-order valence-corrected chi connectivity index (χ0v) is 10.5. The Balaban J connectivity index is 3.72. The highest BCUT2D eigenvalue weighted by Crippen LogP contribution is 2.58. The molecule has 0 amide bonds. The van der Waals surface area contributed by atoms with Crippen LogP contribution < -0.4 is 0 Å². The Morgan fingerprint density at radius 3 is 2.22 bits per heavy atom. The Morgan fingerprint density at radius 1 is 1.67 bits per heavy atom. The van der Waals surface area contributed by atoms with Gasteiger partial charge >= 0.3 is 0 Å². The Hall–Kier alpha value is 1.82. The van der Waals surface area contributed by atoms with Gasteiger partial charge in [0.1, 0.15) is 0 Å². The van der Waals surface area contributed by atoms with Gasteiger partial charge in [-0.15, -0.1) is 26.8 Å². The quantitative estimate of drug-likeness (QED) is 0.664. The molecule has 0 aromatic heterocycles. The van der Waals surface area contributed by atoms with Crippen molar-refractivity contribution >= 4 is 47.9 Å². The van der Waals surface area contributed by atoms with Gasteiger partial charge in [-0.05, 0) is 8.27 Å². The van der Waals surface area contributed by atoms with E-state index in [1.54, 1.807) is 0 Å². The lowest BCUT2D eigenvalue weighted by atomic mass is 10.5. The first-order valence-electron chi connectivity index (χ1n) is 2.38. The first-order valence-corrected chi connectivity index (χ1v) is 9.84. The van der Waals surface area contributed by atoms with Crippen molar-refractivity contribution in [1.82, 2.24) is 0 Å². The molecule has 1 nitrogen and oxygen atoms in total. The number of rotatable bonds is 3. The third kappa shape index (κ3) is 4.30. The van der Waals surface area contributed by atoms with E-state index in [0.29, 0.717) is 13.8 Å². The van der Waals surface area contributed by atoms with Crippen molar-refractivity contribution in [3.8, 4) is 0 Å². The molecule has 0 N–H and O–H groups in total. The third-order valence-corrected chi connectivity index (χ3v) is 6.60. The van der Waals surface area contributed by atoms with Gasteiger partial charge in [0.25, 0.3) is 0 Å². The van der Waals surface area contributed by atoms with Crippen molar-refractivity contribution in [2.75, 3.05) is 0 Å². The first-order chi connectivity index (χ1) is 4.09. The average molecular weight is 218 g/mol. The van der Waals surface area contributed by atoms with Gasteiger partial charge in [0, 0.05) is 5.66 Å². The van der Waals surface area contributed by atoms with Gasteiger partial charge < -0.3 is 0 Å². The fourth-order valence-electron chi connectivity index (χ4n) is 0.256. The zero-order valence-electron chi connectivity index (χ0n) is 5.16. The summed E-state index contributed by atoms with van der Waals surface area (Å²) in [5.74, 6) is 0. The van der Waals surface area contributed by atoms with Crippen LogP contribution in [0.5, 0.6) is 0 Å². The predicted molar refractivity (Wildman–Crippen MR) is 58.8 cm³/mol. The second kappa shape index (κ2) is 5.47. The normalized spacial score (nSPS) is 15.2.